The van der Waals surface area contributed by atoms with Crippen molar-refractivity contribution in [2.24, 2.45) is 0 Å². The number of aliphatic hydroxyl groups excluding tert-OH is 4. The number of benzene rings is 2. The van der Waals surface area contributed by atoms with Crippen molar-refractivity contribution in [3.05, 3.63) is 64.7 Å². The lowest BCUT2D eigenvalue weighted by atomic mass is 9.75. The Morgan fingerprint density at radius 3 is 2.23 bits per heavy atom. The lowest BCUT2D eigenvalue weighted by Crippen LogP contribution is -2.55. The van der Waals surface area contributed by atoms with Crippen molar-refractivity contribution in [2.75, 3.05) is 13.2 Å². The van der Waals surface area contributed by atoms with Crippen molar-refractivity contribution in [2.45, 2.75) is 63.6 Å². The summed E-state index contributed by atoms with van der Waals surface area (Å²) in [7, 11) is 0. The normalized spacial score (nSPS) is 27.1. The summed E-state index contributed by atoms with van der Waals surface area (Å²) in [4.78, 5) is 0. The zero-order valence-corrected chi connectivity index (χ0v) is 17.9. The first-order valence-corrected chi connectivity index (χ1v) is 10.4. The Hall–Kier alpha value is -1.96. The lowest BCUT2D eigenvalue weighted by Gasteiger charge is -2.40. The average molecular weight is 417 g/mol. The van der Waals surface area contributed by atoms with E-state index in [1.54, 1.807) is 0 Å². The maximum absolute atomic E-state index is 10.5. The Balaban J connectivity index is 1.96. The molecule has 1 fully saturated rings. The van der Waals surface area contributed by atoms with Crippen molar-refractivity contribution in [1.29, 1.82) is 0 Å². The van der Waals surface area contributed by atoms with E-state index in [0.717, 1.165) is 22.4 Å². The molecule has 3 rings (SSSR count). The largest absolute Gasteiger partial charge is 0.494 e. The Kier molecular flexibility index (Phi) is 6.84. The van der Waals surface area contributed by atoms with Gasteiger partial charge >= 0.3 is 0 Å². The van der Waals surface area contributed by atoms with Crippen LogP contribution < -0.4 is 4.74 Å². The van der Waals surface area contributed by atoms with Crippen LogP contribution in [0.15, 0.2) is 42.5 Å². The molecule has 1 saturated heterocycles. The van der Waals surface area contributed by atoms with E-state index < -0.39 is 37.1 Å². The van der Waals surface area contributed by atoms with Crippen LogP contribution in [0.5, 0.6) is 5.75 Å². The standard InChI is InChI=1S/C24H32O6/c1-5-29-17-10-8-16(9-11-17)24(3,4)18-12-15(7-6-14(18)2)23-22(28)21(27)20(26)19(13-25)30-23/h6-12,19-23,25-28H,5,13H2,1-4H3/t19-,20-,21+,22-,23+/m1/s1. The highest BCUT2D eigenvalue weighted by Crippen LogP contribution is 2.38. The number of rotatable bonds is 6. The smallest absolute Gasteiger partial charge is 0.119 e. The summed E-state index contributed by atoms with van der Waals surface area (Å²) in [6, 6.07) is 13.8. The van der Waals surface area contributed by atoms with Gasteiger partial charge in [-0.3, -0.25) is 0 Å². The van der Waals surface area contributed by atoms with Crippen molar-refractivity contribution < 1.29 is 29.9 Å². The van der Waals surface area contributed by atoms with Crippen molar-refractivity contribution >= 4 is 0 Å². The molecule has 0 aliphatic carbocycles. The first kappa shape index (κ1) is 22.7. The Bertz CT molecular complexity index is 845. The van der Waals surface area contributed by atoms with Gasteiger partial charge in [-0.15, -0.1) is 0 Å². The van der Waals surface area contributed by atoms with Gasteiger partial charge in [0.05, 0.1) is 13.2 Å². The number of aliphatic hydroxyl groups is 4. The minimum absolute atomic E-state index is 0.334. The van der Waals surface area contributed by atoms with Crippen molar-refractivity contribution in [1.82, 2.24) is 0 Å². The van der Waals surface area contributed by atoms with E-state index in [0.29, 0.717) is 12.2 Å². The predicted octanol–water partition coefficient (Wildman–Crippen LogP) is 2.23. The number of ether oxygens (including phenoxy) is 2. The second-order valence-electron chi connectivity index (χ2n) is 8.41. The van der Waals surface area contributed by atoms with E-state index in [1.165, 1.54) is 0 Å². The fraction of sp³-hybridized carbons (Fsp3) is 0.500. The molecule has 30 heavy (non-hydrogen) atoms. The molecule has 0 bridgehead atoms. The summed E-state index contributed by atoms with van der Waals surface area (Å²) in [5.41, 5.74) is 3.61. The van der Waals surface area contributed by atoms with Crippen LogP contribution in [0.1, 0.15) is 49.1 Å². The number of hydrogen-bond acceptors (Lipinski definition) is 6. The molecular formula is C24H32O6. The molecule has 1 aliphatic rings. The average Bonchev–Trinajstić information content (AvgIpc) is 2.73. The van der Waals surface area contributed by atoms with Gasteiger partial charge in [0.1, 0.15) is 36.3 Å². The molecule has 1 heterocycles. The van der Waals surface area contributed by atoms with Crippen LogP contribution in [-0.4, -0.2) is 58.1 Å². The van der Waals surface area contributed by atoms with Gasteiger partial charge in [0.2, 0.25) is 0 Å². The number of hydrogen-bond donors (Lipinski definition) is 4. The molecule has 2 aromatic carbocycles. The molecular weight excluding hydrogens is 384 g/mol. The summed E-state index contributed by atoms with van der Waals surface area (Å²) in [6.07, 6.45) is -5.85. The topological polar surface area (TPSA) is 99.4 Å². The third-order valence-corrected chi connectivity index (χ3v) is 6.04. The lowest BCUT2D eigenvalue weighted by molar-refractivity contribution is -0.231. The first-order valence-electron chi connectivity index (χ1n) is 10.4. The van der Waals surface area contributed by atoms with E-state index in [1.807, 2.05) is 56.3 Å². The fourth-order valence-corrected chi connectivity index (χ4v) is 4.16. The number of aryl methyl sites for hydroxylation is 1. The van der Waals surface area contributed by atoms with Gasteiger partial charge in [0, 0.05) is 5.41 Å². The highest BCUT2D eigenvalue weighted by atomic mass is 16.5. The summed E-state index contributed by atoms with van der Waals surface area (Å²) in [5, 5.41) is 40.2. The van der Waals surface area contributed by atoms with Crippen molar-refractivity contribution in [3.8, 4) is 5.75 Å². The molecule has 2 aromatic rings. The quantitative estimate of drug-likeness (QED) is 0.576. The molecule has 6 heteroatoms. The molecule has 0 aromatic heterocycles. The maximum Gasteiger partial charge on any atom is 0.119 e. The van der Waals surface area contributed by atoms with Gasteiger partial charge < -0.3 is 29.9 Å². The van der Waals surface area contributed by atoms with Crippen LogP contribution in [0.4, 0.5) is 0 Å². The molecule has 5 atom stereocenters. The summed E-state index contributed by atoms with van der Waals surface area (Å²) in [6.45, 7) is 8.40. The van der Waals surface area contributed by atoms with Crippen LogP contribution in [-0.2, 0) is 10.2 Å². The highest BCUT2D eigenvalue weighted by Gasteiger charge is 2.44. The maximum atomic E-state index is 10.5. The molecule has 164 valence electrons. The van der Waals surface area contributed by atoms with Crippen LogP contribution in [0.25, 0.3) is 0 Å². The zero-order valence-electron chi connectivity index (χ0n) is 17.9. The zero-order chi connectivity index (χ0) is 22.1. The molecule has 0 radical (unpaired) electrons. The highest BCUT2D eigenvalue weighted by molar-refractivity contribution is 5.45. The van der Waals surface area contributed by atoms with Gasteiger partial charge in [-0.25, -0.2) is 0 Å². The third-order valence-electron chi connectivity index (χ3n) is 6.04. The third kappa shape index (κ3) is 4.24. The molecule has 6 nitrogen and oxygen atoms in total. The molecule has 0 spiro atoms. The summed E-state index contributed by atoms with van der Waals surface area (Å²) < 4.78 is 11.3. The second-order valence-corrected chi connectivity index (χ2v) is 8.41. The second kappa shape index (κ2) is 9.04. The molecule has 4 N–H and O–H groups in total. The fourth-order valence-electron chi connectivity index (χ4n) is 4.16. The van der Waals surface area contributed by atoms with E-state index >= 15 is 0 Å². The molecule has 0 unspecified atom stereocenters. The monoisotopic (exact) mass is 416 g/mol. The minimum atomic E-state index is -1.40. The van der Waals surface area contributed by atoms with E-state index in [-0.39, 0.29) is 5.41 Å². The Morgan fingerprint density at radius 2 is 1.63 bits per heavy atom. The van der Waals surface area contributed by atoms with Gasteiger partial charge in [0.15, 0.2) is 0 Å². The van der Waals surface area contributed by atoms with Gasteiger partial charge in [-0.1, -0.05) is 44.2 Å². The minimum Gasteiger partial charge on any atom is -0.494 e. The van der Waals surface area contributed by atoms with Gasteiger partial charge in [0.25, 0.3) is 0 Å². The molecule has 0 saturated carbocycles. The van der Waals surface area contributed by atoms with Crippen LogP contribution in [0.2, 0.25) is 0 Å². The summed E-state index contributed by atoms with van der Waals surface area (Å²) in [5.74, 6) is 0.823. The van der Waals surface area contributed by atoms with Crippen LogP contribution in [0.3, 0.4) is 0 Å². The van der Waals surface area contributed by atoms with Crippen LogP contribution in [0, 0.1) is 6.92 Å². The van der Waals surface area contributed by atoms with E-state index in [2.05, 4.69) is 13.8 Å². The van der Waals surface area contributed by atoms with Crippen molar-refractivity contribution in [3.63, 3.8) is 0 Å². The van der Waals surface area contributed by atoms with Gasteiger partial charge in [-0.2, -0.15) is 0 Å². The summed E-state index contributed by atoms with van der Waals surface area (Å²) >= 11 is 0. The van der Waals surface area contributed by atoms with Gasteiger partial charge in [-0.05, 0) is 48.2 Å². The SMILES string of the molecule is CCOc1ccc(C(C)(C)c2cc([C@@H]3O[C@H](CO)[C@@H](O)[C@H](O)[C@H]3O)ccc2C)cc1. The van der Waals surface area contributed by atoms with E-state index in [9.17, 15) is 20.4 Å². The molecule has 0 amide bonds. The Morgan fingerprint density at radius 1 is 0.967 bits per heavy atom. The van der Waals surface area contributed by atoms with E-state index in [4.69, 9.17) is 9.47 Å². The molecule has 1 aliphatic heterocycles. The predicted molar refractivity (Wildman–Crippen MR) is 114 cm³/mol. The van der Waals surface area contributed by atoms with Crippen LogP contribution >= 0.6 is 0 Å². The first-order chi connectivity index (χ1) is 14.2. The Labute approximate surface area is 177 Å².